The van der Waals surface area contributed by atoms with Crippen LogP contribution in [0, 0.1) is 5.92 Å². The fourth-order valence-electron chi connectivity index (χ4n) is 3.57. The summed E-state index contributed by atoms with van der Waals surface area (Å²) in [5.74, 6) is 0.00581. The van der Waals surface area contributed by atoms with E-state index in [0.717, 1.165) is 25.7 Å². The van der Waals surface area contributed by atoms with Crippen molar-refractivity contribution in [1.29, 1.82) is 0 Å². The van der Waals surface area contributed by atoms with Gasteiger partial charge in [0.15, 0.2) is 0 Å². The highest BCUT2D eigenvalue weighted by atomic mass is 16.1. The first-order chi connectivity index (χ1) is 9.15. The predicted octanol–water partition coefficient (Wildman–Crippen LogP) is 1.54. The Balaban J connectivity index is 1.65. The molecule has 1 heterocycles. The third-order valence-corrected chi connectivity index (χ3v) is 4.70. The fraction of sp³-hybridized carbons (Fsp3) is 0.933. The van der Waals surface area contributed by atoms with Gasteiger partial charge in [-0.15, -0.1) is 0 Å². The maximum absolute atomic E-state index is 11.1. The van der Waals surface area contributed by atoms with Crippen LogP contribution in [0.15, 0.2) is 0 Å². The second kappa shape index (κ2) is 7.25. The summed E-state index contributed by atoms with van der Waals surface area (Å²) in [7, 11) is 0. The molecule has 0 aromatic rings. The molecule has 2 unspecified atom stereocenters. The Hall–Kier alpha value is -0.610. The molecule has 1 aliphatic heterocycles. The lowest BCUT2D eigenvalue weighted by Crippen LogP contribution is -2.44. The van der Waals surface area contributed by atoms with Crippen molar-refractivity contribution < 1.29 is 4.79 Å². The normalized spacial score (nSPS) is 33.8. The van der Waals surface area contributed by atoms with Gasteiger partial charge in [-0.3, -0.25) is 4.79 Å². The van der Waals surface area contributed by atoms with Crippen LogP contribution in [0.3, 0.4) is 0 Å². The van der Waals surface area contributed by atoms with Gasteiger partial charge in [-0.25, -0.2) is 0 Å². The van der Waals surface area contributed by atoms with Crippen molar-refractivity contribution in [3.05, 3.63) is 0 Å². The molecule has 1 aliphatic carbocycles. The Bertz CT molecular complexity index is 281. The molecular weight excluding hydrogens is 238 g/mol. The zero-order valence-corrected chi connectivity index (χ0v) is 12.2. The number of carbonyl (C=O) groups is 1. The molecule has 19 heavy (non-hydrogen) atoms. The van der Waals surface area contributed by atoms with Crippen LogP contribution < -0.4 is 16.4 Å². The first-order valence-electron chi connectivity index (χ1n) is 7.94. The van der Waals surface area contributed by atoms with Gasteiger partial charge < -0.3 is 16.4 Å². The van der Waals surface area contributed by atoms with Crippen molar-refractivity contribution >= 4 is 5.91 Å². The summed E-state index contributed by atoms with van der Waals surface area (Å²) in [5, 5.41) is 7.34. The van der Waals surface area contributed by atoms with Gasteiger partial charge in [0, 0.05) is 24.0 Å². The topological polar surface area (TPSA) is 67.2 Å². The van der Waals surface area contributed by atoms with Crippen LogP contribution in [0.2, 0.25) is 0 Å². The molecule has 2 aliphatic rings. The van der Waals surface area contributed by atoms with E-state index in [-0.39, 0.29) is 11.8 Å². The number of piperidine rings is 1. The molecule has 1 amide bonds. The smallest absolute Gasteiger partial charge is 0.220 e. The Morgan fingerprint density at radius 2 is 2.00 bits per heavy atom. The van der Waals surface area contributed by atoms with Crippen LogP contribution in [-0.2, 0) is 4.79 Å². The van der Waals surface area contributed by atoms with Crippen LogP contribution in [-0.4, -0.2) is 30.6 Å². The highest BCUT2D eigenvalue weighted by Gasteiger charge is 2.26. The van der Waals surface area contributed by atoms with Crippen molar-refractivity contribution in [2.24, 2.45) is 11.7 Å². The zero-order valence-electron chi connectivity index (χ0n) is 12.2. The van der Waals surface area contributed by atoms with E-state index in [4.69, 9.17) is 5.73 Å². The Morgan fingerprint density at radius 1 is 1.26 bits per heavy atom. The zero-order chi connectivity index (χ0) is 13.7. The molecular formula is C15H29N3O. The largest absolute Gasteiger partial charge is 0.369 e. The van der Waals surface area contributed by atoms with E-state index in [1.807, 2.05) is 0 Å². The molecule has 110 valence electrons. The fourth-order valence-corrected chi connectivity index (χ4v) is 3.57. The second-order valence-electron chi connectivity index (χ2n) is 6.40. The van der Waals surface area contributed by atoms with Gasteiger partial charge in [-0.2, -0.15) is 0 Å². The van der Waals surface area contributed by atoms with Gasteiger partial charge in [-0.05, 0) is 58.4 Å². The summed E-state index contributed by atoms with van der Waals surface area (Å²) >= 11 is 0. The number of nitrogens with one attached hydrogen (secondary N) is 2. The van der Waals surface area contributed by atoms with Gasteiger partial charge in [0.2, 0.25) is 5.91 Å². The molecule has 2 atom stereocenters. The van der Waals surface area contributed by atoms with Crippen molar-refractivity contribution in [2.45, 2.75) is 76.4 Å². The van der Waals surface area contributed by atoms with Gasteiger partial charge >= 0.3 is 0 Å². The van der Waals surface area contributed by atoms with Crippen LogP contribution >= 0.6 is 0 Å². The van der Waals surface area contributed by atoms with E-state index in [2.05, 4.69) is 17.6 Å². The molecule has 4 heteroatoms. The molecule has 1 saturated heterocycles. The Labute approximate surface area is 116 Å². The molecule has 2 fully saturated rings. The first-order valence-corrected chi connectivity index (χ1v) is 7.94. The standard InChI is InChI=1S/C15H29N3O/c1-11(10-14-4-2-3-9-17-14)18-13-7-5-12(6-8-13)15(16)19/h11-14,17-18H,2-10H2,1H3,(H2,16,19). The minimum Gasteiger partial charge on any atom is -0.369 e. The molecule has 4 N–H and O–H groups in total. The van der Waals surface area contributed by atoms with Crippen molar-refractivity contribution in [1.82, 2.24) is 10.6 Å². The van der Waals surface area contributed by atoms with E-state index in [9.17, 15) is 4.79 Å². The summed E-state index contributed by atoms with van der Waals surface area (Å²) in [5.41, 5.74) is 5.37. The van der Waals surface area contributed by atoms with Gasteiger partial charge in [-0.1, -0.05) is 6.42 Å². The SMILES string of the molecule is CC(CC1CCCCN1)NC1CCC(C(N)=O)CC1. The lowest BCUT2D eigenvalue weighted by molar-refractivity contribution is -0.122. The first kappa shape index (κ1) is 14.8. The van der Waals surface area contributed by atoms with Crippen LogP contribution in [0.25, 0.3) is 0 Å². The third kappa shape index (κ3) is 4.77. The van der Waals surface area contributed by atoms with Crippen molar-refractivity contribution in [2.75, 3.05) is 6.54 Å². The number of hydrogen-bond acceptors (Lipinski definition) is 3. The quantitative estimate of drug-likeness (QED) is 0.708. The minimum absolute atomic E-state index is 0.113. The molecule has 0 aromatic heterocycles. The minimum atomic E-state index is -0.113. The summed E-state index contributed by atoms with van der Waals surface area (Å²) in [4.78, 5) is 11.1. The van der Waals surface area contributed by atoms with Gasteiger partial charge in [0.05, 0.1) is 0 Å². The number of rotatable bonds is 5. The summed E-state index contributed by atoms with van der Waals surface area (Å²) in [6.45, 7) is 3.47. The molecule has 2 rings (SSSR count). The van der Waals surface area contributed by atoms with Crippen LogP contribution in [0.5, 0.6) is 0 Å². The highest BCUT2D eigenvalue weighted by Crippen LogP contribution is 2.24. The average molecular weight is 267 g/mol. The summed E-state index contributed by atoms with van der Waals surface area (Å²) < 4.78 is 0. The summed E-state index contributed by atoms with van der Waals surface area (Å²) in [6, 6.07) is 1.83. The van der Waals surface area contributed by atoms with Crippen molar-refractivity contribution in [3.8, 4) is 0 Å². The van der Waals surface area contributed by atoms with Gasteiger partial charge in [0.1, 0.15) is 0 Å². The van der Waals surface area contributed by atoms with E-state index in [0.29, 0.717) is 18.1 Å². The molecule has 0 bridgehead atoms. The molecule has 1 saturated carbocycles. The van der Waals surface area contributed by atoms with E-state index in [1.54, 1.807) is 0 Å². The number of primary amides is 1. The van der Waals surface area contributed by atoms with E-state index in [1.165, 1.54) is 32.2 Å². The lowest BCUT2D eigenvalue weighted by atomic mass is 9.85. The molecule has 0 radical (unpaired) electrons. The van der Waals surface area contributed by atoms with Crippen LogP contribution in [0.1, 0.15) is 58.3 Å². The van der Waals surface area contributed by atoms with E-state index < -0.39 is 0 Å². The van der Waals surface area contributed by atoms with Crippen LogP contribution in [0.4, 0.5) is 0 Å². The number of nitrogens with two attached hydrogens (primary N) is 1. The van der Waals surface area contributed by atoms with Crippen molar-refractivity contribution in [3.63, 3.8) is 0 Å². The maximum Gasteiger partial charge on any atom is 0.220 e. The van der Waals surface area contributed by atoms with E-state index >= 15 is 0 Å². The molecule has 4 nitrogen and oxygen atoms in total. The Kier molecular flexibility index (Phi) is 5.64. The number of carbonyl (C=O) groups excluding carboxylic acids is 1. The van der Waals surface area contributed by atoms with Gasteiger partial charge in [0.25, 0.3) is 0 Å². The number of amides is 1. The second-order valence-corrected chi connectivity index (χ2v) is 6.40. The molecule has 0 spiro atoms. The predicted molar refractivity (Wildman–Crippen MR) is 77.8 cm³/mol. The lowest BCUT2D eigenvalue weighted by Gasteiger charge is -2.32. The number of hydrogen-bond donors (Lipinski definition) is 3. The molecule has 0 aromatic carbocycles. The third-order valence-electron chi connectivity index (χ3n) is 4.70. The maximum atomic E-state index is 11.1. The highest BCUT2D eigenvalue weighted by molar-refractivity contribution is 5.76. The average Bonchev–Trinajstić information content (AvgIpc) is 2.40. The monoisotopic (exact) mass is 267 g/mol. The Morgan fingerprint density at radius 3 is 2.58 bits per heavy atom. The summed E-state index contributed by atoms with van der Waals surface area (Å²) in [6.07, 6.45) is 9.34.